The number of aliphatic imine (C=N–C) groups is 1. The number of rotatable bonds is 9. The second-order valence-corrected chi connectivity index (χ2v) is 11.5. The average molecular weight is 501 g/mol. The van der Waals surface area contributed by atoms with E-state index in [-0.39, 0.29) is 6.17 Å². The van der Waals surface area contributed by atoms with Crippen LogP contribution in [-0.4, -0.2) is 79.4 Å². The Morgan fingerprint density at radius 1 is 1.05 bits per heavy atom. The van der Waals surface area contributed by atoms with Gasteiger partial charge in [-0.25, -0.2) is 0 Å². The minimum atomic E-state index is 0.0794. The Labute approximate surface area is 225 Å². The van der Waals surface area contributed by atoms with Gasteiger partial charge in [-0.15, -0.1) is 0 Å². The van der Waals surface area contributed by atoms with E-state index >= 15 is 0 Å². The molecule has 4 unspecified atom stereocenters. The monoisotopic (exact) mass is 500 g/mol. The molecule has 2 aliphatic heterocycles. The van der Waals surface area contributed by atoms with Gasteiger partial charge in [-0.2, -0.15) is 0 Å². The van der Waals surface area contributed by atoms with Crippen molar-refractivity contribution in [3.63, 3.8) is 0 Å². The molecule has 4 atom stereocenters. The van der Waals surface area contributed by atoms with E-state index in [1.54, 1.807) is 0 Å². The second-order valence-electron chi connectivity index (χ2n) is 11.5. The third-order valence-corrected chi connectivity index (χ3v) is 9.51. The van der Waals surface area contributed by atoms with Crippen molar-refractivity contribution in [2.75, 3.05) is 52.4 Å². The predicted molar refractivity (Wildman–Crippen MR) is 158 cm³/mol. The normalized spacial score (nSPS) is 28.6. The zero-order valence-corrected chi connectivity index (χ0v) is 23.5. The number of benzene rings is 1. The minimum absolute atomic E-state index is 0.0794. The number of fused-ring (bicyclic) bond motifs is 2. The molecular weight excluding hydrogens is 452 g/mol. The lowest BCUT2D eigenvalue weighted by Crippen LogP contribution is -2.52. The quantitative estimate of drug-likeness (QED) is 0.375. The van der Waals surface area contributed by atoms with Gasteiger partial charge in [0, 0.05) is 45.5 Å². The van der Waals surface area contributed by atoms with Crippen molar-refractivity contribution in [1.82, 2.24) is 14.7 Å². The Hall–Kier alpha value is -2.01. The molecule has 1 aromatic carbocycles. The number of nitrogens with zero attached hydrogens (tertiary/aromatic N) is 4. The highest BCUT2D eigenvalue weighted by Crippen LogP contribution is 2.50. The third kappa shape index (κ3) is 5.57. The van der Waals surface area contributed by atoms with E-state index < -0.39 is 0 Å². The molecule has 37 heavy (non-hydrogen) atoms. The molecule has 0 saturated carbocycles. The van der Waals surface area contributed by atoms with E-state index in [9.17, 15) is 0 Å². The number of dihydropyridines is 1. The maximum Gasteiger partial charge on any atom is 0.128 e. The topological polar surface area (TPSA) is 22.1 Å². The first-order chi connectivity index (χ1) is 18.1. The van der Waals surface area contributed by atoms with Gasteiger partial charge in [0.1, 0.15) is 6.17 Å². The van der Waals surface area contributed by atoms with Crippen LogP contribution in [0.4, 0.5) is 0 Å². The molecule has 0 radical (unpaired) electrons. The molecule has 1 aromatic rings. The van der Waals surface area contributed by atoms with E-state index in [0.29, 0.717) is 11.8 Å². The molecule has 0 N–H and O–H groups in total. The Bertz CT molecular complexity index is 1020. The van der Waals surface area contributed by atoms with Crippen molar-refractivity contribution >= 4 is 11.8 Å². The van der Waals surface area contributed by atoms with Crippen LogP contribution in [0, 0.1) is 11.8 Å². The van der Waals surface area contributed by atoms with Gasteiger partial charge in [0.15, 0.2) is 0 Å². The Kier molecular flexibility index (Phi) is 8.79. The first kappa shape index (κ1) is 26.6. The molecule has 1 saturated heterocycles. The van der Waals surface area contributed by atoms with Crippen LogP contribution in [0.15, 0.2) is 59.1 Å². The third-order valence-electron chi connectivity index (χ3n) is 9.51. The molecule has 2 heterocycles. The molecule has 4 nitrogen and oxygen atoms in total. The summed E-state index contributed by atoms with van der Waals surface area (Å²) in [7, 11) is 0. The van der Waals surface area contributed by atoms with E-state index in [1.807, 2.05) is 0 Å². The highest BCUT2D eigenvalue weighted by molar-refractivity contribution is 6.01. The van der Waals surface area contributed by atoms with Gasteiger partial charge in [0.25, 0.3) is 0 Å². The van der Waals surface area contributed by atoms with Gasteiger partial charge >= 0.3 is 0 Å². The fourth-order valence-corrected chi connectivity index (χ4v) is 7.34. The van der Waals surface area contributed by atoms with Gasteiger partial charge in [-0.1, -0.05) is 76.6 Å². The first-order valence-corrected chi connectivity index (χ1v) is 15.0. The maximum atomic E-state index is 5.15. The van der Waals surface area contributed by atoms with Gasteiger partial charge in [-0.3, -0.25) is 14.8 Å². The van der Waals surface area contributed by atoms with Crippen LogP contribution >= 0.6 is 0 Å². The summed E-state index contributed by atoms with van der Waals surface area (Å²) in [5.41, 5.74) is 6.97. The molecule has 200 valence electrons. The zero-order chi connectivity index (χ0) is 25.8. The van der Waals surface area contributed by atoms with Crippen LogP contribution in [0.25, 0.3) is 5.57 Å². The lowest BCUT2D eigenvalue weighted by Gasteiger charge is -2.43. The number of allylic oxidation sites excluding steroid dienone is 3. The summed E-state index contributed by atoms with van der Waals surface area (Å²) in [5.74, 6) is 1.98. The summed E-state index contributed by atoms with van der Waals surface area (Å²) in [6.07, 6.45) is 13.6. The summed E-state index contributed by atoms with van der Waals surface area (Å²) < 4.78 is 0. The summed E-state index contributed by atoms with van der Waals surface area (Å²) in [6.45, 7) is 20.6. The van der Waals surface area contributed by atoms with Crippen LogP contribution in [-0.2, 0) is 0 Å². The van der Waals surface area contributed by atoms with Crippen LogP contribution in [0.1, 0.15) is 69.9 Å². The predicted octanol–water partition coefficient (Wildman–Crippen LogP) is 6.24. The average Bonchev–Trinajstić information content (AvgIpc) is 2.94. The molecule has 4 aliphatic rings. The van der Waals surface area contributed by atoms with E-state index in [2.05, 4.69) is 84.7 Å². The van der Waals surface area contributed by atoms with Crippen LogP contribution in [0.5, 0.6) is 0 Å². The Morgan fingerprint density at radius 2 is 1.84 bits per heavy atom. The second kappa shape index (κ2) is 12.2. The molecule has 5 rings (SSSR count). The molecule has 2 aliphatic carbocycles. The largest absolute Gasteiger partial charge is 0.303 e. The van der Waals surface area contributed by atoms with Crippen molar-refractivity contribution < 1.29 is 0 Å². The molecule has 4 heteroatoms. The lowest BCUT2D eigenvalue weighted by atomic mass is 9.65. The highest BCUT2D eigenvalue weighted by atomic mass is 15.3. The molecule has 0 bridgehead atoms. The number of hydrogen-bond acceptors (Lipinski definition) is 4. The van der Waals surface area contributed by atoms with Crippen LogP contribution < -0.4 is 0 Å². The van der Waals surface area contributed by atoms with Crippen LogP contribution in [0.3, 0.4) is 0 Å². The zero-order valence-electron chi connectivity index (χ0n) is 23.5. The molecule has 1 fully saturated rings. The van der Waals surface area contributed by atoms with Crippen molar-refractivity contribution in [1.29, 1.82) is 0 Å². The standard InChI is InChI=1S/C33H48N4/c1-5-12-26-13-8-9-14-28(26)31-23-27-24-34-33(25(4)32(27)30-16-11-10-15-29(30)31)37-21-19-36(20-22-37)18-17-35(6-2)7-3/h9-11,14-16,24,26,28,31,33H,4-8,12-13,17-23H2,1-3H3. The Balaban J connectivity index is 1.30. The van der Waals surface area contributed by atoms with Gasteiger partial charge in [0.2, 0.25) is 0 Å². The number of likely N-dealkylation sites (N-methyl/N-ethyl adjacent to an activating group) is 1. The maximum absolute atomic E-state index is 5.15. The van der Waals surface area contributed by atoms with Gasteiger partial charge < -0.3 is 4.90 Å². The number of piperazine rings is 1. The van der Waals surface area contributed by atoms with E-state index in [4.69, 9.17) is 4.99 Å². The van der Waals surface area contributed by atoms with Crippen LogP contribution in [0.2, 0.25) is 0 Å². The lowest BCUT2D eigenvalue weighted by molar-refractivity contribution is 0.103. The summed E-state index contributed by atoms with van der Waals surface area (Å²) >= 11 is 0. The van der Waals surface area contributed by atoms with Gasteiger partial charge in [0.05, 0.1) is 0 Å². The first-order valence-electron chi connectivity index (χ1n) is 15.0. The van der Waals surface area contributed by atoms with E-state index in [1.165, 1.54) is 66.6 Å². The fraction of sp³-hybridized carbons (Fsp3) is 0.606. The van der Waals surface area contributed by atoms with Crippen molar-refractivity contribution in [3.8, 4) is 0 Å². The van der Waals surface area contributed by atoms with Crippen molar-refractivity contribution in [3.05, 3.63) is 65.3 Å². The smallest absolute Gasteiger partial charge is 0.128 e. The summed E-state index contributed by atoms with van der Waals surface area (Å²) in [4.78, 5) is 12.9. The molecule has 0 spiro atoms. The SMILES string of the molecule is C=C1C2=C(C=NC1N1CCN(CCN(CC)CC)CC1)CC(C1C=CCCC1CCC)c1ccccc12. The van der Waals surface area contributed by atoms with E-state index in [0.717, 1.165) is 51.6 Å². The summed E-state index contributed by atoms with van der Waals surface area (Å²) in [5, 5.41) is 0. The Morgan fingerprint density at radius 3 is 2.59 bits per heavy atom. The molecular formula is C33H48N4. The number of hydrogen-bond donors (Lipinski definition) is 0. The molecule has 0 amide bonds. The molecule has 0 aromatic heterocycles. The summed E-state index contributed by atoms with van der Waals surface area (Å²) in [6, 6.07) is 9.21. The fourth-order valence-electron chi connectivity index (χ4n) is 7.34. The highest BCUT2D eigenvalue weighted by Gasteiger charge is 2.38. The van der Waals surface area contributed by atoms with Crippen molar-refractivity contribution in [2.24, 2.45) is 16.8 Å². The minimum Gasteiger partial charge on any atom is -0.303 e. The van der Waals surface area contributed by atoms with Crippen molar-refractivity contribution in [2.45, 2.75) is 65.0 Å². The van der Waals surface area contributed by atoms with Gasteiger partial charge in [-0.05, 0) is 78.0 Å².